The van der Waals surface area contributed by atoms with Gasteiger partial charge in [-0.25, -0.2) is 0 Å². The Balaban J connectivity index is 1.10. The lowest BCUT2D eigenvalue weighted by molar-refractivity contribution is 0.0757. The number of nitrogens with zero attached hydrogens (tertiary/aromatic N) is 4. The number of ether oxygens (including phenoxy) is 1. The van der Waals surface area contributed by atoms with Crippen molar-refractivity contribution in [1.29, 1.82) is 5.26 Å². The predicted molar refractivity (Wildman–Crippen MR) is 138 cm³/mol. The number of hydrogen-bond acceptors (Lipinski definition) is 5. The van der Waals surface area contributed by atoms with Crippen molar-refractivity contribution < 1.29 is 9.53 Å². The summed E-state index contributed by atoms with van der Waals surface area (Å²) in [5, 5.41) is 13.9. The number of para-hydroxylation sites is 1. The van der Waals surface area contributed by atoms with Gasteiger partial charge in [0.05, 0.1) is 37.6 Å². The molecule has 1 amide bonds. The van der Waals surface area contributed by atoms with Crippen LogP contribution in [0.2, 0.25) is 0 Å². The highest BCUT2D eigenvalue weighted by atomic mass is 16.5. The zero-order valence-electron chi connectivity index (χ0n) is 20.1. The quantitative estimate of drug-likeness (QED) is 0.462. The first-order chi connectivity index (χ1) is 17.5. The van der Waals surface area contributed by atoms with Crippen LogP contribution in [0.3, 0.4) is 0 Å². The number of nitriles is 1. The Bertz CT molecular complexity index is 1500. The van der Waals surface area contributed by atoms with Crippen molar-refractivity contribution >= 4 is 22.5 Å². The number of carbonyl (C=O) groups excluding carboxylic acids is 1. The number of amides is 1. The van der Waals surface area contributed by atoms with Gasteiger partial charge in [0.2, 0.25) is 0 Å². The van der Waals surface area contributed by atoms with Gasteiger partial charge in [-0.3, -0.25) is 9.78 Å². The van der Waals surface area contributed by atoms with Crippen molar-refractivity contribution in [3.05, 3.63) is 95.4 Å². The molecule has 1 saturated heterocycles. The summed E-state index contributed by atoms with van der Waals surface area (Å²) in [5.41, 5.74) is 4.80. The third kappa shape index (κ3) is 3.90. The van der Waals surface area contributed by atoms with Gasteiger partial charge in [-0.1, -0.05) is 24.3 Å². The van der Waals surface area contributed by atoms with Crippen molar-refractivity contribution in [2.75, 3.05) is 24.6 Å². The van der Waals surface area contributed by atoms with Crippen molar-refractivity contribution in [2.45, 2.75) is 31.5 Å². The van der Waals surface area contributed by atoms with Crippen LogP contribution in [-0.2, 0) is 23.3 Å². The maximum atomic E-state index is 12.9. The lowest BCUT2D eigenvalue weighted by Gasteiger charge is -2.42. The van der Waals surface area contributed by atoms with Crippen LogP contribution in [0, 0.1) is 11.3 Å². The number of hydrogen-bond donors (Lipinski definition) is 1. The lowest BCUT2D eigenvalue weighted by atomic mass is 9.79. The molecule has 2 aliphatic heterocycles. The third-order valence-electron chi connectivity index (χ3n) is 7.34. The molecule has 1 atom stereocenters. The number of nitrogens with one attached hydrogen (secondary N) is 1. The molecule has 2 aliphatic rings. The van der Waals surface area contributed by atoms with E-state index in [0.717, 1.165) is 35.6 Å². The van der Waals surface area contributed by atoms with Crippen LogP contribution in [0.4, 0.5) is 5.69 Å². The Morgan fingerprint density at radius 1 is 1.19 bits per heavy atom. The van der Waals surface area contributed by atoms with E-state index in [0.29, 0.717) is 31.4 Å². The molecule has 0 saturated carbocycles. The molecule has 0 spiro atoms. The fraction of sp³-hybridized carbons (Fsp3) is 0.276. The standard InChI is InChI=1S/C29H27N5O2/c1-29(18-30)19-36-17-22-7-6-21(12-26(22)29)28(35)32-14-23-13-24(8-10-31-23)33-15-25(16-33)34-11-9-20-4-2-3-5-27(20)34/h2-13,25H,14-17,19H2,1H3,(H,32,35)/t29-/m1/s1. The smallest absolute Gasteiger partial charge is 0.251 e. The molecule has 0 bridgehead atoms. The van der Waals surface area contributed by atoms with Crippen LogP contribution < -0.4 is 10.2 Å². The summed E-state index contributed by atoms with van der Waals surface area (Å²) < 4.78 is 7.92. The second kappa shape index (κ2) is 8.81. The summed E-state index contributed by atoms with van der Waals surface area (Å²) in [4.78, 5) is 19.7. The zero-order valence-corrected chi connectivity index (χ0v) is 20.1. The van der Waals surface area contributed by atoms with Crippen LogP contribution >= 0.6 is 0 Å². The van der Waals surface area contributed by atoms with E-state index in [9.17, 15) is 10.1 Å². The molecule has 0 aliphatic carbocycles. The van der Waals surface area contributed by atoms with E-state index in [-0.39, 0.29) is 5.91 Å². The van der Waals surface area contributed by atoms with Crippen molar-refractivity contribution in [2.24, 2.45) is 0 Å². The molecule has 6 rings (SSSR count). The van der Waals surface area contributed by atoms with E-state index in [2.05, 4.69) is 62.4 Å². The van der Waals surface area contributed by atoms with E-state index < -0.39 is 5.41 Å². The summed E-state index contributed by atoms with van der Waals surface area (Å²) in [7, 11) is 0. The number of aromatic nitrogens is 2. The predicted octanol–water partition coefficient (Wildman–Crippen LogP) is 4.34. The molecule has 180 valence electrons. The van der Waals surface area contributed by atoms with Crippen LogP contribution in [0.5, 0.6) is 0 Å². The molecule has 1 fully saturated rings. The summed E-state index contributed by atoms with van der Waals surface area (Å²) in [6, 6.07) is 23.0. The highest BCUT2D eigenvalue weighted by Crippen LogP contribution is 2.33. The number of pyridine rings is 1. The molecule has 7 heteroatoms. The van der Waals surface area contributed by atoms with Gasteiger partial charge in [0.1, 0.15) is 5.41 Å². The van der Waals surface area contributed by atoms with Crippen LogP contribution in [0.1, 0.15) is 40.1 Å². The van der Waals surface area contributed by atoms with Gasteiger partial charge < -0.3 is 19.5 Å². The molecular formula is C29H27N5O2. The minimum Gasteiger partial charge on any atom is -0.375 e. The van der Waals surface area contributed by atoms with Gasteiger partial charge in [0, 0.05) is 42.3 Å². The van der Waals surface area contributed by atoms with E-state index in [1.165, 1.54) is 10.9 Å². The second-order valence-corrected chi connectivity index (χ2v) is 9.84. The molecule has 0 unspecified atom stereocenters. The SMILES string of the molecule is C[C@@]1(C#N)COCc2ccc(C(=O)NCc3cc(N4CC(n5ccc6ccccc65)C4)ccn3)cc21. The van der Waals surface area contributed by atoms with Gasteiger partial charge >= 0.3 is 0 Å². The Kier molecular flexibility index (Phi) is 5.46. The molecule has 2 aromatic carbocycles. The zero-order chi connectivity index (χ0) is 24.7. The van der Waals surface area contributed by atoms with Gasteiger partial charge in [0.15, 0.2) is 0 Å². The lowest BCUT2D eigenvalue weighted by Crippen LogP contribution is -2.47. The van der Waals surface area contributed by atoms with Gasteiger partial charge in [-0.15, -0.1) is 0 Å². The number of benzene rings is 2. The molecule has 36 heavy (non-hydrogen) atoms. The van der Waals surface area contributed by atoms with E-state index in [1.54, 1.807) is 12.3 Å². The largest absolute Gasteiger partial charge is 0.375 e. The fourth-order valence-electron chi connectivity index (χ4n) is 5.19. The summed E-state index contributed by atoms with van der Waals surface area (Å²) in [6.07, 6.45) is 3.97. The molecule has 1 N–H and O–H groups in total. The van der Waals surface area contributed by atoms with Gasteiger partial charge in [-0.2, -0.15) is 5.26 Å². The molecule has 4 heterocycles. The van der Waals surface area contributed by atoms with Crippen LogP contribution in [-0.4, -0.2) is 35.2 Å². The van der Waals surface area contributed by atoms with E-state index >= 15 is 0 Å². The normalized spacial score (nSPS) is 19.4. The van der Waals surface area contributed by atoms with Crippen LogP contribution in [0.25, 0.3) is 10.9 Å². The van der Waals surface area contributed by atoms with Crippen molar-refractivity contribution in [1.82, 2.24) is 14.9 Å². The Morgan fingerprint density at radius 3 is 2.92 bits per heavy atom. The maximum absolute atomic E-state index is 12.9. The minimum atomic E-state index is -0.748. The van der Waals surface area contributed by atoms with Gasteiger partial charge in [-0.05, 0) is 59.8 Å². The fourth-order valence-corrected chi connectivity index (χ4v) is 5.19. The molecule has 2 aromatic heterocycles. The monoisotopic (exact) mass is 477 g/mol. The van der Waals surface area contributed by atoms with Gasteiger partial charge in [0.25, 0.3) is 5.91 Å². The summed E-state index contributed by atoms with van der Waals surface area (Å²) in [6.45, 7) is 4.85. The number of fused-ring (bicyclic) bond motifs is 2. The first-order valence-corrected chi connectivity index (χ1v) is 12.2. The number of anilines is 1. The highest BCUT2D eigenvalue weighted by molar-refractivity contribution is 5.94. The average molecular weight is 478 g/mol. The minimum absolute atomic E-state index is 0.180. The van der Waals surface area contributed by atoms with E-state index in [4.69, 9.17) is 4.74 Å². The summed E-state index contributed by atoms with van der Waals surface area (Å²) >= 11 is 0. The van der Waals surface area contributed by atoms with E-state index in [1.807, 2.05) is 31.2 Å². The Hall–Kier alpha value is -4.15. The van der Waals surface area contributed by atoms with Crippen molar-refractivity contribution in [3.8, 4) is 6.07 Å². The van der Waals surface area contributed by atoms with Crippen LogP contribution in [0.15, 0.2) is 73.1 Å². The average Bonchev–Trinajstić information content (AvgIpc) is 3.30. The second-order valence-electron chi connectivity index (χ2n) is 9.84. The first-order valence-electron chi connectivity index (χ1n) is 12.2. The molecule has 7 nitrogen and oxygen atoms in total. The molecular weight excluding hydrogens is 450 g/mol. The highest BCUT2D eigenvalue weighted by Gasteiger charge is 2.33. The molecule has 0 radical (unpaired) electrons. The first kappa shape index (κ1) is 22.3. The number of carbonyl (C=O) groups is 1. The maximum Gasteiger partial charge on any atom is 0.251 e. The number of rotatable bonds is 5. The third-order valence-corrected chi connectivity index (χ3v) is 7.34. The Morgan fingerprint density at radius 2 is 2.06 bits per heavy atom. The Labute approximate surface area is 209 Å². The topological polar surface area (TPSA) is 83.2 Å². The van der Waals surface area contributed by atoms with Crippen molar-refractivity contribution in [3.63, 3.8) is 0 Å². The summed E-state index contributed by atoms with van der Waals surface area (Å²) in [5.74, 6) is -0.180. The molecule has 4 aromatic rings.